The minimum Gasteiger partial charge on any atom is -0.295 e. The van der Waals surface area contributed by atoms with Gasteiger partial charge in [0.05, 0.1) is 0 Å². The number of rotatable bonds is 1. The van der Waals surface area contributed by atoms with Crippen LogP contribution in [0.5, 0.6) is 0 Å². The summed E-state index contributed by atoms with van der Waals surface area (Å²) in [5, 5.41) is 0. The summed E-state index contributed by atoms with van der Waals surface area (Å²) in [5.41, 5.74) is 0.300. The Bertz CT molecular complexity index is 170. The van der Waals surface area contributed by atoms with Crippen LogP contribution in [-0.2, 0) is 4.79 Å². The summed E-state index contributed by atoms with van der Waals surface area (Å²) < 4.78 is 0. The van der Waals surface area contributed by atoms with E-state index in [4.69, 9.17) is 0 Å². The lowest BCUT2D eigenvalue weighted by molar-refractivity contribution is -0.115. The summed E-state index contributed by atoms with van der Waals surface area (Å²) in [6.45, 7) is 4.37. The second-order valence-electron chi connectivity index (χ2n) is 3.31. The van der Waals surface area contributed by atoms with Crippen LogP contribution in [0.4, 0.5) is 0 Å². The first kappa shape index (κ1) is 7.52. The van der Waals surface area contributed by atoms with Crippen LogP contribution in [0, 0.1) is 5.41 Å². The smallest absolute Gasteiger partial charge is 0.155 e. The third-order valence-electron chi connectivity index (χ3n) is 2.42. The largest absolute Gasteiger partial charge is 0.295 e. The molecule has 1 aliphatic rings. The van der Waals surface area contributed by atoms with Gasteiger partial charge in [0.2, 0.25) is 0 Å². The normalized spacial score (nSPS) is 32.8. The molecule has 1 atom stereocenters. The van der Waals surface area contributed by atoms with Gasteiger partial charge in [0.25, 0.3) is 0 Å². The first-order chi connectivity index (χ1) is 4.66. The first-order valence-electron chi connectivity index (χ1n) is 3.88. The number of hydrogen-bond acceptors (Lipinski definition) is 1. The van der Waals surface area contributed by atoms with E-state index < -0.39 is 0 Å². The van der Waals surface area contributed by atoms with Crippen molar-refractivity contribution in [2.75, 3.05) is 0 Å². The van der Waals surface area contributed by atoms with E-state index in [2.05, 4.69) is 19.9 Å². The maximum absolute atomic E-state index is 10.8. The van der Waals surface area contributed by atoms with Gasteiger partial charge in [-0.2, -0.15) is 0 Å². The van der Waals surface area contributed by atoms with E-state index in [0.29, 0.717) is 5.41 Å². The summed E-state index contributed by atoms with van der Waals surface area (Å²) in [6, 6.07) is 0. The molecule has 0 N–H and O–H groups in total. The topological polar surface area (TPSA) is 17.1 Å². The fourth-order valence-electron chi connectivity index (χ4n) is 1.16. The van der Waals surface area contributed by atoms with Crippen LogP contribution in [0.2, 0.25) is 0 Å². The summed E-state index contributed by atoms with van der Waals surface area (Å²) in [5.74, 6) is 0.283. The fourth-order valence-corrected chi connectivity index (χ4v) is 1.16. The maximum Gasteiger partial charge on any atom is 0.155 e. The van der Waals surface area contributed by atoms with E-state index in [-0.39, 0.29) is 5.78 Å². The van der Waals surface area contributed by atoms with Gasteiger partial charge in [0.1, 0.15) is 0 Å². The molecule has 0 saturated heterocycles. The molecule has 0 spiro atoms. The lowest BCUT2D eigenvalue weighted by Gasteiger charge is -2.26. The van der Waals surface area contributed by atoms with Crippen LogP contribution in [0.3, 0.4) is 0 Å². The quantitative estimate of drug-likeness (QED) is 0.543. The minimum atomic E-state index is 0.283. The summed E-state index contributed by atoms with van der Waals surface area (Å²) in [4.78, 5) is 10.8. The SMILES string of the molecule is CCC1(C)C=CC(=O)CC1. The van der Waals surface area contributed by atoms with E-state index in [1.807, 2.05) is 0 Å². The van der Waals surface area contributed by atoms with Crippen molar-refractivity contribution in [2.24, 2.45) is 5.41 Å². The third-order valence-corrected chi connectivity index (χ3v) is 2.42. The number of hydrogen-bond donors (Lipinski definition) is 0. The van der Waals surface area contributed by atoms with Gasteiger partial charge in [0, 0.05) is 6.42 Å². The van der Waals surface area contributed by atoms with Crippen molar-refractivity contribution in [1.29, 1.82) is 0 Å². The average molecular weight is 138 g/mol. The Morgan fingerprint density at radius 3 is 2.80 bits per heavy atom. The predicted octanol–water partition coefficient (Wildman–Crippen LogP) is 2.32. The Morgan fingerprint density at radius 1 is 1.70 bits per heavy atom. The van der Waals surface area contributed by atoms with Gasteiger partial charge in [-0.05, 0) is 24.3 Å². The number of carbonyl (C=O) groups is 1. The average Bonchev–Trinajstić information content (AvgIpc) is 1.96. The summed E-state index contributed by atoms with van der Waals surface area (Å²) >= 11 is 0. The van der Waals surface area contributed by atoms with Crippen molar-refractivity contribution in [3.8, 4) is 0 Å². The van der Waals surface area contributed by atoms with E-state index in [1.54, 1.807) is 6.08 Å². The summed E-state index contributed by atoms with van der Waals surface area (Å²) in [7, 11) is 0. The van der Waals surface area contributed by atoms with Crippen LogP contribution in [0.25, 0.3) is 0 Å². The second-order valence-corrected chi connectivity index (χ2v) is 3.31. The monoisotopic (exact) mass is 138 g/mol. The molecule has 0 radical (unpaired) electrons. The van der Waals surface area contributed by atoms with Gasteiger partial charge >= 0.3 is 0 Å². The Hall–Kier alpha value is -0.590. The van der Waals surface area contributed by atoms with E-state index >= 15 is 0 Å². The molecule has 0 heterocycles. The highest BCUT2D eigenvalue weighted by molar-refractivity contribution is 5.90. The molecule has 56 valence electrons. The molecule has 0 bridgehead atoms. The standard InChI is InChI=1S/C9H14O/c1-3-9(2)6-4-8(10)5-7-9/h4,6H,3,5,7H2,1-2H3. The molecule has 1 rings (SSSR count). The highest BCUT2D eigenvalue weighted by Crippen LogP contribution is 2.31. The fraction of sp³-hybridized carbons (Fsp3) is 0.667. The molecule has 1 aliphatic carbocycles. The molecule has 1 unspecified atom stereocenters. The third kappa shape index (κ3) is 1.47. The predicted molar refractivity (Wildman–Crippen MR) is 41.8 cm³/mol. The van der Waals surface area contributed by atoms with Crippen molar-refractivity contribution in [2.45, 2.75) is 33.1 Å². The second kappa shape index (κ2) is 2.57. The number of ketones is 1. The molecule has 0 aliphatic heterocycles. The Labute approximate surface area is 62.1 Å². The van der Waals surface area contributed by atoms with Gasteiger partial charge in [-0.3, -0.25) is 4.79 Å². The zero-order valence-corrected chi connectivity index (χ0v) is 6.68. The van der Waals surface area contributed by atoms with E-state index in [9.17, 15) is 4.79 Å². The van der Waals surface area contributed by atoms with Crippen molar-refractivity contribution in [3.05, 3.63) is 12.2 Å². The molecule has 0 aromatic carbocycles. The van der Waals surface area contributed by atoms with Gasteiger partial charge in [-0.1, -0.05) is 19.9 Å². The van der Waals surface area contributed by atoms with Gasteiger partial charge in [-0.25, -0.2) is 0 Å². The Morgan fingerprint density at radius 2 is 2.40 bits per heavy atom. The van der Waals surface area contributed by atoms with Crippen molar-refractivity contribution in [3.63, 3.8) is 0 Å². The van der Waals surface area contributed by atoms with Crippen LogP contribution < -0.4 is 0 Å². The van der Waals surface area contributed by atoms with Crippen LogP contribution in [0.1, 0.15) is 33.1 Å². The van der Waals surface area contributed by atoms with E-state index in [1.165, 1.54) is 0 Å². The lowest BCUT2D eigenvalue weighted by Crippen LogP contribution is -2.17. The van der Waals surface area contributed by atoms with Crippen LogP contribution >= 0.6 is 0 Å². The van der Waals surface area contributed by atoms with Crippen LogP contribution in [0.15, 0.2) is 12.2 Å². The van der Waals surface area contributed by atoms with Crippen molar-refractivity contribution in [1.82, 2.24) is 0 Å². The number of allylic oxidation sites excluding steroid dienone is 2. The molecular weight excluding hydrogens is 124 g/mol. The minimum absolute atomic E-state index is 0.283. The number of carbonyl (C=O) groups excluding carboxylic acids is 1. The molecular formula is C9H14O. The highest BCUT2D eigenvalue weighted by atomic mass is 16.1. The molecule has 0 saturated carbocycles. The molecule has 0 aromatic heterocycles. The molecule has 0 fully saturated rings. The summed E-state index contributed by atoms with van der Waals surface area (Å²) in [6.07, 6.45) is 6.68. The molecule has 0 amide bonds. The lowest BCUT2D eigenvalue weighted by atomic mass is 9.78. The Balaban J connectivity index is 2.68. The zero-order chi connectivity index (χ0) is 7.61. The maximum atomic E-state index is 10.8. The highest BCUT2D eigenvalue weighted by Gasteiger charge is 2.22. The Kier molecular flexibility index (Phi) is 1.93. The van der Waals surface area contributed by atoms with E-state index in [0.717, 1.165) is 19.3 Å². The molecule has 1 heteroatoms. The van der Waals surface area contributed by atoms with Crippen molar-refractivity contribution >= 4 is 5.78 Å². The van der Waals surface area contributed by atoms with Crippen LogP contribution in [-0.4, -0.2) is 5.78 Å². The zero-order valence-electron chi connectivity index (χ0n) is 6.68. The van der Waals surface area contributed by atoms with Crippen molar-refractivity contribution < 1.29 is 4.79 Å². The van der Waals surface area contributed by atoms with Gasteiger partial charge in [0.15, 0.2) is 5.78 Å². The molecule has 10 heavy (non-hydrogen) atoms. The molecule has 0 aromatic rings. The van der Waals surface area contributed by atoms with Gasteiger partial charge in [-0.15, -0.1) is 0 Å². The molecule has 1 nitrogen and oxygen atoms in total. The van der Waals surface area contributed by atoms with Gasteiger partial charge < -0.3 is 0 Å². The first-order valence-corrected chi connectivity index (χ1v) is 3.88.